The highest BCUT2D eigenvalue weighted by atomic mass is 28.1. The van der Waals surface area contributed by atoms with E-state index >= 15 is 0 Å². The van der Waals surface area contributed by atoms with Crippen molar-refractivity contribution in [2.75, 3.05) is 0 Å². The van der Waals surface area contributed by atoms with Crippen LogP contribution >= 0.6 is 0 Å². The number of hydrogen-bond acceptors (Lipinski definition) is 1. The summed E-state index contributed by atoms with van der Waals surface area (Å²) < 4.78 is 0. The standard InChI is InChI=1S/C18H38OSi/c19-17-15-13-11-9-7-5-3-1-2-4-6-8-10-12-14-16-18-20/h17H,1-16,18H2,20H3. The van der Waals surface area contributed by atoms with Crippen LogP contribution < -0.4 is 0 Å². The Bertz CT molecular complexity index is 182. The highest BCUT2D eigenvalue weighted by molar-refractivity contribution is 6.08. The molecule has 0 atom stereocenters. The Kier molecular flexibility index (Phi) is 18.8. The van der Waals surface area contributed by atoms with Crippen LogP contribution in [0.3, 0.4) is 0 Å². The minimum Gasteiger partial charge on any atom is -0.303 e. The monoisotopic (exact) mass is 298 g/mol. The van der Waals surface area contributed by atoms with Crippen molar-refractivity contribution in [3.63, 3.8) is 0 Å². The average Bonchev–Trinajstić information content (AvgIpc) is 2.47. The van der Waals surface area contributed by atoms with Crippen LogP contribution in [-0.2, 0) is 4.79 Å². The maximum absolute atomic E-state index is 10.2. The molecule has 0 aliphatic heterocycles. The van der Waals surface area contributed by atoms with Gasteiger partial charge in [0.25, 0.3) is 0 Å². The average molecular weight is 299 g/mol. The summed E-state index contributed by atoms with van der Waals surface area (Å²) in [4.78, 5) is 10.2. The third-order valence-corrected chi connectivity index (χ3v) is 4.88. The van der Waals surface area contributed by atoms with E-state index in [-0.39, 0.29) is 0 Å². The van der Waals surface area contributed by atoms with Crippen LogP contribution in [0.1, 0.15) is 103 Å². The first-order valence-corrected chi connectivity index (χ1v) is 10.8. The molecule has 1 nitrogen and oxygen atoms in total. The molecule has 0 amide bonds. The Labute approximate surface area is 130 Å². The molecular weight excluding hydrogens is 260 g/mol. The van der Waals surface area contributed by atoms with Gasteiger partial charge < -0.3 is 4.79 Å². The number of carbonyl (C=O) groups excluding carboxylic acids is 1. The van der Waals surface area contributed by atoms with Gasteiger partial charge in [0.1, 0.15) is 6.29 Å². The molecule has 0 unspecified atom stereocenters. The first kappa shape index (κ1) is 19.9. The molecule has 0 heterocycles. The summed E-state index contributed by atoms with van der Waals surface area (Å²) in [6.07, 6.45) is 22.9. The van der Waals surface area contributed by atoms with E-state index in [0.717, 1.165) is 19.1 Å². The number of hydrogen-bond donors (Lipinski definition) is 0. The molecule has 0 aliphatic carbocycles. The van der Waals surface area contributed by atoms with Crippen molar-refractivity contribution in [3.05, 3.63) is 0 Å². The molecule has 2 heteroatoms. The molecular formula is C18H38OSi. The minimum atomic E-state index is 0.764. The summed E-state index contributed by atoms with van der Waals surface area (Å²) in [5.41, 5.74) is 0. The maximum atomic E-state index is 10.2. The van der Waals surface area contributed by atoms with Crippen molar-refractivity contribution < 1.29 is 4.79 Å². The quantitative estimate of drug-likeness (QED) is 0.205. The van der Waals surface area contributed by atoms with E-state index in [1.807, 2.05) is 0 Å². The SMILES string of the molecule is O=CCCCCCCCCCCCCCCCCC[SiH3]. The lowest BCUT2D eigenvalue weighted by Gasteiger charge is -2.03. The highest BCUT2D eigenvalue weighted by Crippen LogP contribution is 2.13. The van der Waals surface area contributed by atoms with E-state index in [2.05, 4.69) is 0 Å². The van der Waals surface area contributed by atoms with Gasteiger partial charge in [-0.25, -0.2) is 0 Å². The summed E-state index contributed by atoms with van der Waals surface area (Å²) in [6, 6.07) is 1.50. The number of carbonyl (C=O) groups is 1. The number of unbranched alkanes of at least 4 members (excludes halogenated alkanes) is 15. The zero-order valence-electron chi connectivity index (χ0n) is 14.0. The van der Waals surface area contributed by atoms with Gasteiger partial charge in [0.15, 0.2) is 0 Å². The van der Waals surface area contributed by atoms with Gasteiger partial charge in [0, 0.05) is 16.7 Å². The number of rotatable bonds is 17. The van der Waals surface area contributed by atoms with Crippen molar-refractivity contribution in [1.29, 1.82) is 0 Å². The molecule has 0 N–H and O–H groups in total. The molecule has 0 fully saturated rings. The van der Waals surface area contributed by atoms with E-state index in [4.69, 9.17) is 0 Å². The fraction of sp³-hybridized carbons (Fsp3) is 0.944. The largest absolute Gasteiger partial charge is 0.303 e. The lowest BCUT2D eigenvalue weighted by molar-refractivity contribution is -0.107. The van der Waals surface area contributed by atoms with Crippen molar-refractivity contribution in [3.8, 4) is 0 Å². The second kappa shape index (κ2) is 18.9. The second-order valence-electron chi connectivity index (χ2n) is 6.26. The van der Waals surface area contributed by atoms with E-state index in [0.29, 0.717) is 0 Å². The molecule has 20 heavy (non-hydrogen) atoms. The van der Waals surface area contributed by atoms with Gasteiger partial charge in [-0.3, -0.25) is 0 Å². The molecule has 0 aromatic heterocycles. The van der Waals surface area contributed by atoms with Crippen LogP contribution in [0.15, 0.2) is 0 Å². The van der Waals surface area contributed by atoms with Crippen LogP contribution in [0, 0.1) is 0 Å². The van der Waals surface area contributed by atoms with Crippen LogP contribution in [0.25, 0.3) is 0 Å². The molecule has 0 aromatic rings. The zero-order valence-corrected chi connectivity index (χ0v) is 16.0. The fourth-order valence-corrected chi connectivity index (χ4v) is 3.28. The van der Waals surface area contributed by atoms with Crippen LogP contribution in [0.2, 0.25) is 6.04 Å². The van der Waals surface area contributed by atoms with Crippen molar-refractivity contribution in [1.82, 2.24) is 0 Å². The van der Waals surface area contributed by atoms with Crippen molar-refractivity contribution in [2.45, 2.75) is 109 Å². The van der Waals surface area contributed by atoms with Gasteiger partial charge in [-0.05, 0) is 6.42 Å². The molecule has 0 saturated heterocycles. The van der Waals surface area contributed by atoms with Crippen LogP contribution in [0.4, 0.5) is 0 Å². The number of aldehydes is 1. The molecule has 120 valence electrons. The Morgan fingerprint density at radius 1 is 0.500 bits per heavy atom. The molecule has 0 bridgehead atoms. The van der Waals surface area contributed by atoms with Crippen LogP contribution in [-0.4, -0.2) is 16.5 Å². The van der Waals surface area contributed by atoms with E-state index < -0.39 is 0 Å². The zero-order chi connectivity index (χ0) is 14.7. The van der Waals surface area contributed by atoms with Gasteiger partial charge >= 0.3 is 0 Å². The summed E-state index contributed by atoms with van der Waals surface area (Å²) in [6.45, 7) is 0. The van der Waals surface area contributed by atoms with Gasteiger partial charge in [0.2, 0.25) is 0 Å². The molecule has 0 rings (SSSR count). The molecule has 0 aliphatic rings. The Morgan fingerprint density at radius 3 is 1.10 bits per heavy atom. The van der Waals surface area contributed by atoms with Crippen molar-refractivity contribution >= 4 is 16.5 Å². The smallest absolute Gasteiger partial charge is 0.119 e. The summed E-state index contributed by atoms with van der Waals surface area (Å²) in [5.74, 6) is 0. The minimum absolute atomic E-state index is 0.764. The topological polar surface area (TPSA) is 17.1 Å². The summed E-state index contributed by atoms with van der Waals surface area (Å²) in [7, 11) is 1.40. The predicted octanol–water partition coefficient (Wildman–Crippen LogP) is 5.21. The van der Waals surface area contributed by atoms with Crippen LogP contribution in [0.5, 0.6) is 0 Å². The summed E-state index contributed by atoms with van der Waals surface area (Å²) in [5, 5.41) is 0. The Hall–Kier alpha value is -0.113. The third kappa shape index (κ3) is 17.9. The maximum Gasteiger partial charge on any atom is 0.119 e. The normalized spacial score (nSPS) is 11.0. The predicted molar refractivity (Wildman–Crippen MR) is 94.7 cm³/mol. The third-order valence-electron chi connectivity index (χ3n) is 4.18. The lowest BCUT2D eigenvalue weighted by Crippen LogP contribution is -1.84. The fourth-order valence-electron chi connectivity index (χ4n) is 2.78. The Morgan fingerprint density at radius 2 is 0.800 bits per heavy atom. The Balaban J connectivity index is 2.90. The first-order valence-electron chi connectivity index (χ1n) is 9.35. The van der Waals surface area contributed by atoms with Gasteiger partial charge in [-0.15, -0.1) is 0 Å². The first-order chi connectivity index (χ1) is 9.91. The summed E-state index contributed by atoms with van der Waals surface area (Å²) >= 11 is 0. The molecule has 0 radical (unpaired) electrons. The van der Waals surface area contributed by atoms with Gasteiger partial charge in [0.05, 0.1) is 0 Å². The highest BCUT2D eigenvalue weighted by Gasteiger charge is 1.94. The second-order valence-corrected chi connectivity index (χ2v) is 7.26. The molecule has 0 saturated carbocycles. The molecule has 0 aromatic carbocycles. The van der Waals surface area contributed by atoms with E-state index in [1.165, 1.54) is 106 Å². The van der Waals surface area contributed by atoms with Crippen molar-refractivity contribution in [2.24, 2.45) is 0 Å². The van der Waals surface area contributed by atoms with E-state index in [1.54, 1.807) is 0 Å². The molecule has 0 spiro atoms. The van der Waals surface area contributed by atoms with Gasteiger partial charge in [-0.2, -0.15) is 0 Å². The van der Waals surface area contributed by atoms with Gasteiger partial charge in [-0.1, -0.05) is 95.9 Å². The lowest BCUT2D eigenvalue weighted by atomic mass is 10.0. The van der Waals surface area contributed by atoms with E-state index in [9.17, 15) is 4.79 Å².